The molecule has 22 heavy (non-hydrogen) atoms. The van der Waals surface area contributed by atoms with Crippen LogP contribution in [0.25, 0.3) is 0 Å². The summed E-state index contributed by atoms with van der Waals surface area (Å²) in [7, 11) is -3.64. The van der Waals surface area contributed by atoms with Gasteiger partial charge in [0.25, 0.3) is 0 Å². The maximum atomic E-state index is 12.2. The molecule has 0 aromatic heterocycles. The van der Waals surface area contributed by atoms with E-state index in [1.54, 1.807) is 24.3 Å². The summed E-state index contributed by atoms with van der Waals surface area (Å²) in [4.78, 5) is 0.205. The smallest absolute Gasteiger partial charge is 0.156 e. The predicted octanol–water partition coefficient (Wildman–Crippen LogP) is 2.64. The number of rotatable bonds is 4. The van der Waals surface area contributed by atoms with Gasteiger partial charge in [-0.1, -0.05) is 35.9 Å². The van der Waals surface area contributed by atoms with Crippen molar-refractivity contribution in [2.24, 2.45) is 11.0 Å². The first-order valence-electron chi connectivity index (χ1n) is 7.13. The molecule has 0 saturated carbocycles. The summed E-state index contributed by atoms with van der Waals surface area (Å²) in [5, 5.41) is 4.08. The van der Waals surface area contributed by atoms with Crippen molar-refractivity contribution in [3.05, 3.63) is 65.4 Å². The largest absolute Gasteiger partial charge is 0.415 e. The van der Waals surface area contributed by atoms with Gasteiger partial charge in [-0.15, -0.1) is 0 Å². The number of benzene rings is 1. The summed E-state index contributed by atoms with van der Waals surface area (Å²) < 4.78 is 26.8. The molecule has 0 saturated heterocycles. The van der Waals surface area contributed by atoms with Gasteiger partial charge in [0.15, 0.2) is 0 Å². The lowest BCUT2D eigenvalue weighted by Gasteiger charge is -2.15. The lowest BCUT2D eigenvalue weighted by atomic mass is 9.90. The van der Waals surface area contributed by atoms with Gasteiger partial charge in [-0.25, -0.2) is 0 Å². The van der Waals surface area contributed by atoms with E-state index in [9.17, 15) is 8.42 Å². The van der Waals surface area contributed by atoms with E-state index in [2.05, 4.69) is 22.3 Å². The van der Waals surface area contributed by atoms with Crippen LogP contribution in [0.15, 0.2) is 69.8 Å². The Morgan fingerprint density at radius 2 is 1.91 bits per heavy atom. The second-order valence-electron chi connectivity index (χ2n) is 5.65. The van der Waals surface area contributed by atoms with Gasteiger partial charge in [0.05, 0.1) is 0 Å². The minimum absolute atomic E-state index is 0.200. The number of hydrogen-bond acceptors (Lipinski definition) is 3. The third-order valence-electron chi connectivity index (χ3n) is 3.69. The molecule has 116 valence electrons. The topological polar surface area (TPSA) is 60.5 Å². The molecule has 1 aromatic carbocycles. The molecule has 1 N–H and O–H groups in total. The van der Waals surface area contributed by atoms with E-state index in [0.717, 1.165) is 23.1 Å². The van der Waals surface area contributed by atoms with Gasteiger partial charge in [0, 0.05) is 11.0 Å². The number of sulfonamides is 1. The minimum atomic E-state index is -3.64. The number of allylic oxidation sites excluding steroid dienone is 4. The molecule has 1 atom stereocenters. The molecule has 0 spiro atoms. The number of nitrogens with zero attached hydrogens (tertiary/aromatic N) is 1. The van der Waals surface area contributed by atoms with Crippen LogP contribution in [-0.4, -0.2) is 8.42 Å². The molecular formula is C17H21N2O2S+. The number of hydrogen-bond donors (Lipinski definition) is 1. The summed E-state index contributed by atoms with van der Waals surface area (Å²) >= 11 is 0. The maximum Gasteiger partial charge on any atom is 0.415 e. The summed E-state index contributed by atoms with van der Waals surface area (Å²) in [5.41, 5.74) is 3.66. The molecule has 0 heterocycles. The van der Waals surface area contributed by atoms with E-state index < -0.39 is 10.0 Å². The molecule has 0 amide bonds. The average molecular weight is 317 g/mol. The molecule has 0 unspecified atom stereocenters. The minimum Gasteiger partial charge on any atom is -0.156 e. The SMILES string of the molecule is C=C(C)[C@H]1C=C(N=[NH+]S(=O)(=O)c2ccc(C)cc2)C(C)=CC1. The zero-order valence-corrected chi connectivity index (χ0v) is 13.9. The van der Waals surface area contributed by atoms with Crippen LogP contribution in [0, 0.1) is 12.8 Å². The van der Waals surface area contributed by atoms with Crippen LogP contribution in [0.1, 0.15) is 25.8 Å². The summed E-state index contributed by atoms with van der Waals surface area (Å²) in [6.07, 6.45) is 4.89. The van der Waals surface area contributed by atoms with Gasteiger partial charge >= 0.3 is 10.0 Å². The van der Waals surface area contributed by atoms with Crippen LogP contribution in [-0.2, 0) is 10.0 Å². The van der Waals surface area contributed by atoms with Crippen LogP contribution in [0.2, 0.25) is 0 Å². The highest BCUT2D eigenvalue weighted by molar-refractivity contribution is 7.84. The molecule has 4 nitrogen and oxygen atoms in total. The van der Waals surface area contributed by atoms with Crippen molar-refractivity contribution in [3.8, 4) is 0 Å². The Labute approximate surface area is 132 Å². The van der Waals surface area contributed by atoms with E-state index >= 15 is 0 Å². The van der Waals surface area contributed by atoms with Crippen molar-refractivity contribution in [1.82, 2.24) is 0 Å². The van der Waals surface area contributed by atoms with E-state index in [4.69, 9.17) is 0 Å². The first-order chi connectivity index (χ1) is 10.3. The first kappa shape index (κ1) is 16.4. The standard InChI is InChI=1S/C17H20N2O2S/c1-12(2)15-8-7-14(4)17(11-15)18-19-22(20,21)16-9-5-13(3)6-10-16/h5-7,9-11,15H,1,8H2,2-4H3/p+1/t15-/m1/s1. The summed E-state index contributed by atoms with van der Waals surface area (Å²) in [5.74, 6) is 0.200. The summed E-state index contributed by atoms with van der Waals surface area (Å²) in [6.45, 7) is 9.74. The van der Waals surface area contributed by atoms with Crippen molar-refractivity contribution in [3.63, 3.8) is 0 Å². The molecule has 5 heteroatoms. The van der Waals surface area contributed by atoms with Crippen LogP contribution < -0.4 is 4.52 Å². The Balaban J connectivity index is 2.28. The van der Waals surface area contributed by atoms with Crippen molar-refractivity contribution < 1.29 is 12.9 Å². The molecule has 0 bridgehead atoms. The molecule has 1 aromatic rings. The lowest BCUT2D eigenvalue weighted by Crippen LogP contribution is -2.70. The monoisotopic (exact) mass is 317 g/mol. The van der Waals surface area contributed by atoms with Crippen LogP contribution in [0.5, 0.6) is 0 Å². The van der Waals surface area contributed by atoms with Crippen molar-refractivity contribution in [2.45, 2.75) is 32.1 Å². The van der Waals surface area contributed by atoms with Crippen molar-refractivity contribution >= 4 is 10.0 Å². The highest BCUT2D eigenvalue weighted by Gasteiger charge is 2.21. The van der Waals surface area contributed by atoms with E-state index in [1.807, 2.05) is 26.8 Å². The highest BCUT2D eigenvalue weighted by Crippen LogP contribution is 2.26. The Kier molecular flexibility index (Phi) is 4.76. The number of nitrogens with one attached hydrogen (secondary N) is 1. The van der Waals surface area contributed by atoms with E-state index in [0.29, 0.717) is 5.70 Å². The fourth-order valence-electron chi connectivity index (χ4n) is 2.15. The van der Waals surface area contributed by atoms with Gasteiger partial charge in [-0.3, -0.25) is 0 Å². The predicted molar refractivity (Wildman–Crippen MR) is 86.5 cm³/mol. The number of aryl methyl sites for hydroxylation is 1. The maximum absolute atomic E-state index is 12.2. The van der Waals surface area contributed by atoms with Crippen LogP contribution >= 0.6 is 0 Å². The fourth-order valence-corrected chi connectivity index (χ4v) is 2.96. The Morgan fingerprint density at radius 1 is 1.27 bits per heavy atom. The van der Waals surface area contributed by atoms with Crippen LogP contribution in [0.4, 0.5) is 0 Å². The Hall–Kier alpha value is -2.01. The molecular weight excluding hydrogens is 296 g/mol. The van der Waals surface area contributed by atoms with Crippen molar-refractivity contribution in [2.75, 3.05) is 0 Å². The quantitative estimate of drug-likeness (QED) is 0.685. The fraction of sp³-hybridized carbons (Fsp3) is 0.294. The van der Waals surface area contributed by atoms with Gasteiger partial charge in [-0.2, -0.15) is 8.42 Å². The summed E-state index contributed by atoms with van der Waals surface area (Å²) in [6, 6.07) is 6.66. The van der Waals surface area contributed by atoms with Gasteiger partial charge in [0.2, 0.25) is 0 Å². The molecule has 2 rings (SSSR count). The second kappa shape index (κ2) is 6.40. The molecule has 0 radical (unpaired) electrons. The van der Waals surface area contributed by atoms with E-state index in [-0.39, 0.29) is 10.8 Å². The van der Waals surface area contributed by atoms with Gasteiger partial charge in [-0.05, 0) is 55.5 Å². The van der Waals surface area contributed by atoms with E-state index in [1.165, 1.54) is 0 Å². The third-order valence-corrected chi connectivity index (χ3v) is 4.92. The molecule has 0 fully saturated rings. The van der Waals surface area contributed by atoms with Crippen molar-refractivity contribution in [1.29, 1.82) is 0 Å². The normalized spacial score (nSPS) is 19.0. The lowest BCUT2D eigenvalue weighted by molar-refractivity contribution is -0.355. The van der Waals surface area contributed by atoms with Gasteiger partial charge in [0.1, 0.15) is 10.6 Å². The van der Waals surface area contributed by atoms with Gasteiger partial charge < -0.3 is 0 Å². The molecule has 1 aliphatic rings. The highest BCUT2D eigenvalue weighted by atomic mass is 32.2. The Morgan fingerprint density at radius 3 is 2.50 bits per heavy atom. The Bertz CT molecular complexity index is 769. The molecule has 1 aliphatic carbocycles. The zero-order valence-electron chi connectivity index (χ0n) is 13.1. The first-order valence-corrected chi connectivity index (χ1v) is 8.61. The third kappa shape index (κ3) is 3.80. The zero-order chi connectivity index (χ0) is 16.3. The second-order valence-corrected chi connectivity index (χ2v) is 7.31. The molecule has 0 aliphatic heterocycles. The average Bonchev–Trinajstić information content (AvgIpc) is 2.46. The van der Waals surface area contributed by atoms with Crippen LogP contribution in [0.3, 0.4) is 0 Å².